The van der Waals surface area contributed by atoms with E-state index in [0.29, 0.717) is 44.0 Å². The van der Waals surface area contributed by atoms with E-state index >= 15 is 0 Å². The van der Waals surface area contributed by atoms with Crippen molar-refractivity contribution in [3.63, 3.8) is 0 Å². The molecule has 1 aromatic carbocycles. The highest BCUT2D eigenvalue weighted by Gasteiger charge is 2.26. The lowest BCUT2D eigenvalue weighted by Gasteiger charge is -2.36. The molecule has 25 heavy (non-hydrogen) atoms. The number of halogens is 1. The first-order chi connectivity index (χ1) is 11.9. The maximum Gasteiger partial charge on any atom is 0.225 e. The highest BCUT2D eigenvalue weighted by atomic mass is 35.5. The van der Waals surface area contributed by atoms with Crippen molar-refractivity contribution in [2.45, 2.75) is 19.8 Å². The van der Waals surface area contributed by atoms with Gasteiger partial charge in [0.05, 0.1) is 0 Å². The summed E-state index contributed by atoms with van der Waals surface area (Å²) < 4.78 is 0. The molecule has 1 fully saturated rings. The van der Waals surface area contributed by atoms with E-state index in [1.165, 1.54) is 0 Å². The number of nitrogens with zero attached hydrogens (tertiary/aromatic N) is 3. The fourth-order valence-corrected chi connectivity index (χ4v) is 3.15. The zero-order chi connectivity index (χ0) is 18.4. The van der Waals surface area contributed by atoms with Gasteiger partial charge < -0.3 is 14.7 Å². The highest BCUT2D eigenvalue weighted by Crippen LogP contribution is 2.16. The quantitative estimate of drug-likeness (QED) is 0.775. The molecule has 0 N–H and O–H groups in total. The number of carbonyl (C=O) groups excluding carboxylic acids is 2. The second-order valence-electron chi connectivity index (χ2n) is 6.99. The molecule has 138 valence electrons. The Morgan fingerprint density at radius 2 is 1.64 bits per heavy atom. The summed E-state index contributed by atoms with van der Waals surface area (Å²) >= 11 is 5.90. The molecule has 1 aliphatic heterocycles. The topological polar surface area (TPSA) is 43.9 Å². The summed E-state index contributed by atoms with van der Waals surface area (Å²) in [5, 5.41) is 0.706. The van der Waals surface area contributed by atoms with Crippen molar-refractivity contribution >= 4 is 23.4 Å². The first kappa shape index (κ1) is 19.7. The lowest BCUT2D eigenvalue weighted by atomic mass is 9.99. The van der Waals surface area contributed by atoms with E-state index in [1.54, 1.807) is 0 Å². The van der Waals surface area contributed by atoms with Gasteiger partial charge in [-0.1, -0.05) is 30.7 Å². The van der Waals surface area contributed by atoms with Crippen LogP contribution in [0.4, 0.5) is 0 Å². The molecule has 1 saturated heterocycles. The van der Waals surface area contributed by atoms with E-state index in [2.05, 4.69) is 0 Å². The van der Waals surface area contributed by atoms with Crippen LogP contribution in [0.3, 0.4) is 0 Å². The predicted octanol–water partition coefficient (Wildman–Crippen LogP) is 2.14. The van der Waals surface area contributed by atoms with Gasteiger partial charge in [-0.05, 0) is 38.2 Å². The number of hydrogen-bond donors (Lipinski definition) is 0. The fraction of sp³-hybridized carbons (Fsp3) is 0.579. The molecule has 6 heteroatoms. The van der Waals surface area contributed by atoms with Gasteiger partial charge in [0.25, 0.3) is 0 Å². The molecule has 1 heterocycles. The molecule has 0 aromatic heterocycles. The van der Waals surface area contributed by atoms with Crippen molar-refractivity contribution in [3.05, 3.63) is 34.9 Å². The van der Waals surface area contributed by atoms with Crippen molar-refractivity contribution < 1.29 is 9.59 Å². The van der Waals surface area contributed by atoms with Crippen molar-refractivity contribution in [1.82, 2.24) is 14.7 Å². The molecule has 5 nitrogen and oxygen atoms in total. The Balaban J connectivity index is 1.80. The zero-order valence-corrected chi connectivity index (χ0v) is 16.1. The molecule has 0 bridgehead atoms. The molecule has 1 aromatic rings. The largest absolute Gasteiger partial charge is 0.339 e. The Kier molecular flexibility index (Phi) is 7.26. The molecular formula is C19H28ClN3O2. The van der Waals surface area contributed by atoms with Crippen LogP contribution in [-0.2, 0) is 16.0 Å². The lowest BCUT2D eigenvalue weighted by Crippen LogP contribution is -2.52. The number of piperazine rings is 1. The molecule has 2 rings (SSSR count). The molecular weight excluding hydrogens is 338 g/mol. The van der Waals surface area contributed by atoms with Gasteiger partial charge in [0.2, 0.25) is 11.8 Å². The minimum atomic E-state index is -0.0721. The lowest BCUT2D eigenvalue weighted by molar-refractivity contribution is -0.141. The van der Waals surface area contributed by atoms with Crippen LogP contribution in [0, 0.1) is 5.92 Å². The molecule has 1 unspecified atom stereocenters. The fourth-order valence-electron chi connectivity index (χ4n) is 3.03. The monoisotopic (exact) mass is 365 g/mol. The SMILES string of the molecule is CC(Cc1ccc(Cl)cc1)C(=O)N1CCN(C(=O)CCN(C)C)CC1. The minimum absolute atomic E-state index is 0.0721. The normalized spacial score (nSPS) is 16.2. The average molecular weight is 366 g/mol. The maximum absolute atomic E-state index is 12.7. The predicted molar refractivity (Wildman–Crippen MR) is 101 cm³/mol. The summed E-state index contributed by atoms with van der Waals surface area (Å²) in [5.41, 5.74) is 1.11. The summed E-state index contributed by atoms with van der Waals surface area (Å²) in [6.45, 7) is 5.23. The van der Waals surface area contributed by atoms with Gasteiger partial charge in [-0.3, -0.25) is 9.59 Å². The summed E-state index contributed by atoms with van der Waals surface area (Å²) in [7, 11) is 3.93. The Bertz CT molecular complexity index is 581. The van der Waals surface area contributed by atoms with Crippen molar-refractivity contribution in [2.24, 2.45) is 5.92 Å². The minimum Gasteiger partial charge on any atom is -0.339 e. The van der Waals surface area contributed by atoms with Crippen LogP contribution in [0.2, 0.25) is 5.02 Å². The van der Waals surface area contributed by atoms with Crippen LogP contribution in [0.1, 0.15) is 18.9 Å². The number of amides is 2. The van der Waals surface area contributed by atoms with Gasteiger partial charge in [0, 0.05) is 50.1 Å². The number of rotatable bonds is 6. The van der Waals surface area contributed by atoms with Gasteiger partial charge in [-0.2, -0.15) is 0 Å². The first-order valence-electron chi connectivity index (χ1n) is 8.82. The van der Waals surface area contributed by atoms with Crippen molar-refractivity contribution in [3.8, 4) is 0 Å². The second kappa shape index (κ2) is 9.20. The Hall–Kier alpha value is -1.59. The van der Waals surface area contributed by atoms with Crippen LogP contribution in [0.15, 0.2) is 24.3 Å². The summed E-state index contributed by atoms with van der Waals surface area (Å²) in [6.07, 6.45) is 1.24. The number of benzene rings is 1. The van der Waals surface area contributed by atoms with E-state index in [9.17, 15) is 9.59 Å². The Morgan fingerprint density at radius 1 is 1.08 bits per heavy atom. The van der Waals surface area contributed by atoms with E-state index in [4.69, 9.17) is 11.6 Å². The molecule has 1 aliphatic rings. The number of carbonyl (C=O) groups is 2. The summed E-state index contributed by atoms with van der Waals surface area (Å²) in [6, 6.07) is 7.64. The van der Waals surface area contributed by atoms with Crippen LogP contribution in [0.25, 0.3) is 0 Å². The van der Waals surface area contributed by atoms with Gasteiger partial charge in [-0.25, -0.2) is 0 Å². The highest BCUT2D eigenvalue weighted by molar-refractivity contribution is 6.30. The molecule has 2 amide bonds. The van der Waals surface area contributed by atoms with Gasteiger partial charge >= 0.3 is 0 Å². The van der Waals surface area contributed by atoms with Crippen LogP contribution >= 0.6 is 11.6 Å². The first-order valence-corrected chi connectivity index (χ1v) is 9.20. The van der Waals surface area contributed by atoms with Gasteiger partial charge in [0.15, 0.2) is 0 Å². The van der Waals surface area contributed by atoms with E-state index in [-0.39, 0.29) is 17.7 Å². The van der Waals surface area contributed by atoms with Crippen LogP contribution in [-0.4, -0.2) is 73.3 Å². The standard InChI is InChI=1S/C19H28ClN3O2/c1-15(14-16-4-6-17(20)7-5-16)19(25)23-12-10-22(11-13-23)18(24)8-9-21(2)3/h4-7,15H,8-14H2,1-3H3. The van der Waals surface area contributed by atoms with Gasteiger partial charge in [-0.15, -0.1) is 0 Å². The number of hydrogen-bond acceptors (Lipinski definition) is 3. The van der Waals surface area contributed by atoms with E-state index < -0.39 is 0 Å². The van der Waals surface area contributed by atoms with E-state index in [1.807, 2.05) is 60.0 Å². The Morgan fingerprint density at radius 3 is 2.20 bits per heavy atom. The third kappa shape index (κ3) is 6.01. The van der Waals surface area contributed by atoms with Gasteiger partial charge in [0.1, 0.15) is 0 Å². The molecule has 1 atom stereocenters. The third-order valence-corrected chi connectivity index (χ3v) is 4.85. The molecule has 0 aliphatic carbocycles. The maximum atomic E-state index is 12.7. The zero-order valence-electron chi connectivity index (χ0n) is 15.4. The third-order valence-electron chi connectivity index (χ3n) is 4.59. The molecule has 0 spiro atoms. The Labute approximate surface area is 155 Å². The summed E-state index contributed by atoms with van der Waals surface area (Å²) in [5.74, 6) is 0.266. The summed E-state index contributed by atoms with van der Waals surface area (Å²) in [4.78, 5) is 30.6. The second-order valence-corrected chi connectivity index (χ2v) is 7.43. The smallest absolute Gasteiger partial charge is 0.225 e. The molecule has 0 radical (unpaired) electrons. The van der Waals surface area contributed by atoms with Crippen LogP contribution < -0.4 is 0 Å². The average Bonchev–Trinajstić information content (AvgIpc) is 2.61. The van der Waals surface area contributed by atoms with Crippen molar-refractivity contribution in [1.29, 1.82) is 0 Å². The molecule has 0 saturated carbocycles. The van der Waals surface area contributed by atoms with E-state index in [0.717, 1.165) is 12.1 Å². The van der Waals surface area contributed by atoms with Crippen molar-refractivity contribution in [2.75, 3.05) is 46.8 Å². The van der Waals surface area contributed by atoms with Crippen LogP contribution in [0.5, 0.6) is 0 Å².